The van der Waals surface area contributed by atoms with E-state index in [0.717, 1.165) is 0 Å². The molecule has 5 rings (SSSR count). The number of para-hydroxylation sites is 2. The Bertz CT molecular complexity index is 1360. The lowest BCUT2D eigenvalue weighted by Gasteiger charge is -2.34. The van der Waals surface area contributed by atoms with Crippen LogP contribution in [0.3, 0.4) is 0 Å². The molecule has 0 aliphatic carbocycles. The minimum atomic E-state index is -1.85. The smallest absolute Gasteiger partial charge is 0.345 e. The van der Waals surface area contributed by atoms with Gasteiger partial charge in [-0.1, -0.05) is 30.3 Å². The summed E-state index contributed by atoms with van der Waals surface area (Å²) in [5.41, 5.74) is 4.43. The van der Waals surface area contributed by atoms with Crippen LogP contribution in [0.2, 0.25) is 0 Å². The van der Waals surface area contributed by atoms with Gasteiger partial charge in [-0.05, 0) is 18.2 Å². The number of amides is 1. The van der Waals surface area contributed by atoms with Crippen LogP contribution in [-0.2, 0) is 19.7 Å². The van der Waals surface area contributed by atoms with Gasteiger partial charge in [0.1, 0.15) is 22.1 Å². The molecule has 0 saturated heterocycles. The van der Waals surface area contributed by atoms with Crippen molar-refractivity contribution in [1.29, 1.82) is 0 Å². The van der Waals surface area contributed by atoms with Crippen molar-refractivity contribution < 1.29 is 23.5 Å². The number of carbonyl (C=O) groups is 2. The van der Waals surface area contributed by atoms with Crippen molar-refractivity contribution in [1.82, 2.24) is 0 Å². The first kappa shape index (κ1) is 18.0. The first-order valence-corrected chi connectivity index (χ1v) is 9.13. The number of nitrogens with two attached hydrogens (primary N) is 1. The summed E-state index contributed by atoms with van der Waals surface area (Å²) in [7, 11) is 2.74. The molecule has 150 valence electrons. The number of benzene rings is 2. The largest absolute Gasteiger partial charge is 0.465 e. The summed E-state index contributed by atoms with van der Waals surface area (Å²) >= 11 is 0. The van der Waals surface area contributed by atoms with Crippen LogP contribution in [0.25, 0.3) is 11.0 Å². The predicted octanol–water partition coefficient (Wildman–Crippen LogP) is 1.79. The monoisotopic (exact) mass is 404 g/mol. The van der Waals surface area contributed by atoms with E-state index >= 15 is 0 Å². The molecule has 0 fully saturated rings. The zero-order chi connectivity index (χ0) is 21.2. The molecule has 1 amide bonds. The van der Waals surface area contributed by atoms with Gasteiger partial charge in [-0.2, -0.15) is 0 Å². The molecule has 0 radical (unpaired) electrons. The molecule has 3 aromatic rings. The fraction of sp³-hybridized carbons (Fsp3) is 0.136. The highest BCUT2D eigenvalue weighted by Gasteiger charge is 2.62. The van der Waals surface area contributed by atoms with Gasteiger partial charge in [0, 0.05) is 18.3 Å². The Labute approximate surface area is 170 Å². The molecule has 30 heavy (non-hydrogen) atoms. The summed E-state index contributed by atoms with van der Waals surface area (Å²) < 4.78 is 16.2. The van der Waals surface area contributed by atoms with Gasteiger partial charge in [0.25, 0.3) is 0 Å². The average molecular weight is 404 g/mol. The Kier molecular flexibility index (Phi) is 3.58. The minimum Gasteiger partial charge on any atom is -0.465 e. The maximum absolute atomic E-state index is 13.8. The first-order valence-electron chi connectivity index (χ1n) is 9.13. The average Bonchev–Trinajstić information content (AvgIpc) is 2.96. The molecule has 0 saturated carbocycles. The van der Waals surface area contributed by atoms with Gasteiger partial charge >= 0.3 is 11.6 Å². The molecular weight excluding hydrogens is 388 g/mol. The van der Waals surface area contributed by atoms with Crippen LogP contribution in [0.15, 0.2) is 69.2 Å². The van der Waals surface area contributed by atoms with Crippen molar-refractivity contribution >= 4 is 28.5 Å². The summed E-state index contributed by atoms with van der Waals surface area (Å²) in [5.74, 6) is -1.61. The second-order valence-corrected chi connectivity index (χ2v) is 7.05. The summed E-state index contributed by atoms with van der Waals surface area (Å²) in [6, 6.07) is 13.6. The van der Waals surface area contributed by atoms with Crippen molar-refractivity contribution in [3.63, 3.8) is 0 Å². The van der Waals surface area contributed by atoms with E-state index in [1.807, 2.05) is 0 Å². The van der Waals surface area contributed by atoms with E-state index in [0.29, 0.717) is 16.6 Å². The number of fused-ring (bicyclic) bond motifs is 6. The summed E-state index contributed by atoms with van der Waals surface area (Å²) in [6.07, 6.45) is 0. The van der Waals surface area contributed by atoms with Crippen LogP contribution in [0, 0.1) is 0 Å². The summed E-state index contributed by atoms with van der Waals surface area (Å²) in [6.45, 7) is 0. The highest BCUT2D eigenvalue weighted by Crippen LogP contribution is 2.55. The van der Waals surface area contributed by atoms with E-state index in [2.05, 4.69) is 0 Å². The Hall–Kier alpha value is -4.07. The van der Waals surface area contributed by atoms with Crippen molar-refractivity contribution in [3.05, 3.63) is 81.5 Å². The zero-order valence-corrected chi connectivity index (χ0v) is 16.1. The third kappa shape index (κ3) is 1.97. The lowest BCUT2D eigenvalue weighted by molar-refractivity contribution is -0.138. The Balaban J connectivity index is 2.02. The molecule has 8 nitrogen and oxygen atoms in total. The molecule has 8 heteroatoms. The maximum atomic E-state index is 13.8. The van der Waals surface area contributed by atoms with Crippen LogP contribution in [0.5, 0.6) is 5.75 Å². The van der Waals surface area contributed by atoms with Crippen LogP contribution < -0.4 is 21.0 Å². The maximum Gasteiger partial charge on any atom is 0.345 e. The normalized spacial score (nSPS) is 19.7. The number of hydrogen-bond acceptors (Lipinski definition) is 7. The molecule has 2 aromatic carbocycles. The zero-order valence-electron chi connectivity index (χ0n) is 16.1. The van der Waals surface area contributed by atoms with Gasteiger partial charge in [-0.25, -0.2) is 9.59 Å². The molecule has 2 aliphatic heterocycles. The quantitative estimate of drug-likeness (QED) is 0.486. The highest BCUT2D eigenvalue weighted by molar-refractivity contribution is 6.18. The van der Waals surface area contributed by atoms with Gasteiger partial charge in [0.15, 0.2) is 5.75 Å². The van der Waals surface area contributed by atoms with Crippen molar-refractivity contribution in [2.24, 2.45) is 5.73 Å². The van der Waals surface area contributed by atoms with E-state index < -0.39 is 22.9 Å². The number of carbonyl (C=O) groups excluding carboxylic acids is 2. The second-order valence-electron chi connectivity index (χ2n) is 7.05. The molecule has 2 aliphatic rings. The van der Waals surface area contributed by atoms with Gasteiger partial charge in [-0.3, -0.25) is 4.79 Å². The van der Waals surface area contributed by atoms with E-state index in [4.69, 9.17) is 19.6 Å². The standard InChI is InChI=1S/C22H16N2O6/c1-24-13-9-5-4-8-12(13)22(21(24)27)15-17(30-18(23)16(22)19(25)28-2)11-7-3-6-10-14(11)29-20(15)26/h3-10H,23H2,1-2H3/t22-/m0/s1. The fourth-order valence-electron chi connectivity index (χ4n) is 4.42. The summed E-state index contributed by atoms with van der Waals surface area (Å²) in [5, 5.41) is 0.457. The molecule has 0 unspecified atom stereocenters. The number of likely N-dealkylation sites (N-methyl/N-ethyl adjacent to an activating group) is 1. The Morgan fingerprint density at radius 2 is 1.80 bits per heavy atom. The Morgan fingerprint density at radius 1 is 1.10 bits per heavy atom. The molecule has 0 bridgehead atoms. The summed E-state index contributed by atoms with van der Waals surface area (Å²) in [4.78, 5) is 41.2. The molecule has 1 spiro atoms. The molecule has 2 N–H and O–H groups in total. The number of rotatable bonds is 1. The van der Waals surface area contributed by atoms with Gasteiger partial charge in [-0.15, -0.1) is 0 Å². The SMILES string of the molecule is COC(=O)C1=C(N)Oc2c(c(=O)oc3ccccc23)[C@]12C(=O)N(C)c1ccccc12. The fourth-order valence-corrected chi connectivity index (χ4v) is 4.42. The van der Waals surface area contributed by atoms with Crippen molar-refractivity contribution in [3.8, 4) is 5.75 Å². The third-order valence-electron chi connectivity index (χ3n) is 5.66. The van der Waals surface area contributed by atoms with Crippen LogP contribution in [-0.4, -0.2) is 26.0 Å². The van der Waals surface area contributed by atoms with E-state index in [-0.39, 0.29) is 28.4 Å². The number of esters is 1. The molecule has 1 aromatic heterocycles. The van der Waals surface area contributed by atoms with E-state index in [9.17, 15) is 14.4 Å². The van der Waals surface area contributed by atoms with Gasteiger partial charge < -0.3 is 24.5 Å². The molecule has 3 heterocycles. The topological polar surface area (TPSA) is 112 Å². The lowest BCUT2D eigenvalue weighted by atomic mass is 9.68. The number of ether oxygens (including phenoxy) is 2. The van der Waals surface area contributed by atoms with Crippen LogP contribution in [0.1, 0.15) is 11.1 Å². The first-order chi connectivity index (χ1) is 14.4. The van der Waals surface area contributed by atoms with E-state index in [1.165, 1.54) is 12.0 Å². The number of hydrogen-bond donors (Lipinski definition) is 1. The second kappa shape index (κ2) is 5.96. The third-order valence-corrected chi connectivity index (χ3v) is 5.66. The van der Waals surface area contributed by atoms with Crippen LogP contribution >= 0.6 is 0 Å². The van der Waals surface area contributed by atoms with Crippen LogP contribution in [0.4, 0.5) is 5.69 Å². The van der Waals surface area contributed by atoms with Crippen molar-refractivity contribution in [2.45, 2.75) is 5.41 Å². The number of nitrogens with zero attached hydrogens (tertiary/aromatic N) is 1. The Morgan fingerprint density at radius 3 is 2.57 bits per heavy atom. The predicted molar refractivity (Wildman–Crippen MR) is 107 cm³/mol. The lowest BCUT2D eigenvalue weighted by Crippen LogP contribution is -2.50. The molecule has 1 atom stereocenters. The number of methoxy groups -OCH3 is 1. The molecular formula is C22H16N2O6. The van der Waals surface area contributed by atoms with E-state index in [1.54, 1.807) is 55.6 Å². The minimum absolute atomic E-state index is 0.0884. The van der Waals surface area contributed by atoms with Gasteiger partial charge in [0.05, 0.1) is 12.5 Å². The highest BCUT2D eigenvalue weighted by atomic mass is 16.5. The van der Waals surface area contributed by atoms with Gasteiger partial charge in [0.2, 0.25) is 11.8 Å². The van der Waals surface area contributed by atoms with Crippen molar-refractivity contribution in [2.75, 3.05) is 19.1 Å². The number of anilines is 1.